The van der Waals surface area contributed by atoms with E-state index in [2.05, 4.69) is 13.0 Å². The molecule has 0 amide bonds. The highest BCUT2D eigenvalue weighted by atomic mass is 19.1. The lowest BCUT2D eigenvalue weighted by atomic mass is 9.68. The average molecular weight is 322 g/mol. The minimum absolute atomic E-state index is 0.0918. The lowest BCUT2D eigenvalue weighted by molar-refractivity contribution is 0.0200. The van der Waals surface area contributed by atoms with E-state index >= 15 is 0 Å². The number of Topliss-reactive ketones (excluding diaryl/α,β-unsaturated/α-hetero) is 1. The van der Waals surface area contributed by atoms with Crippen molar-refractivity contribution < 1.29 is 13.9 Å². The summed E-state index contributed by atoms with van der Waals surface area (Å²) in [6, 6.07) is 15.8. The second-order valence-corrected chi connectivity index (χ2v) is 6.54. The second-order valence-electron chi connectivity index (χ2n) is 6.54. The fraction of sp³-hybridized carbons (Fsp3) is 0.286. The van der Waals surface area contributed by atoms with Gasteiger partial charge in [-0.1, -0.05) is 61.5 Å². The molecular formula is C21H19FO2. The van der Waals surface area contributed by atoms with Gasteiger partial charge in [-0.3, -0.25) is 4.79 Å². The van der Waals surface area contributed by atoms with E-state index in [0.717, 1.165) is 12.0 Å². The van der Waals surface area contributed by atoms with Gasteiger partial charge in [-0.2, -0.15) is 0 Å². The highest BCUT2D eigenvalue weighted by Gasteiger charge is 2.58. The van der Waals surface area contributed by atoms with Gasteiger partial charge in [-0.15, -0.1) is 0 Å². The van der Waals surface area contributed by atoms with Crippen LogP contribution in [0.1, 0.15) is 35.2 Å². The van der Waals surface area contributed by atoms with Crippen molar-refractivity contribution in [3.8, 4) is 0 Å². The summed E-state index contributed by atoms with van der Waals surface area (Å²) in [6.45, 7) is 2.07. The fourth-order valence-electron chi connectivity index (χ4n) is 4.13. The van der Waals surface area contributed by atoms with Crippen LogP contribution >= 0.6 is 0 Å². The number of carbonyl (C=O) groups is 1. The molecule has 0 N–H and O–H groups in total. The lowest BCUT2D eigenvalue weighted by Gasteiger charge is -2.33. The van der Waals surface area contributed by atoms with E-state index < -0.39 is 5.60 Å². The number of carbonyl (C=O) groups excluding carboxylic acids is 1. The van der Waals surface area contributed by atoms with E-state index in [-0.39, 0.29) is 29.5 Å². The van der Waals surface area contributed by atoms with Gasteiger partial charge in [0.15, 0.2) is 5.78 Å². The first kappa shape index (κ1) is 15.3. The van der Waals surface area contributed by atoms with Crippen molar-refractivity contribution in [2.75, 3.05) is 0 Å². The first-order valence-electron chi connectivity index (χ1n) is 8.36. The molecule has 0 radical (unpaired) electrons. The van der Waals surface area contributed by atoms with Crippen molar-refractivity contribution in [1.29, 1.82) is 0 Å². The summed E-state index contributed by atoms with van der Waals surface area (Å²) in [4.78, 5) is 13.2. The molecule has 24 heavy (non-hydrogen) atoms. The van der Waals surface area contributed by atoms with Gasteiger partial charge in [-0.05, 0) is 24.1 Å². The Morgan fingerprint density at radius 1 is 1.12 bits per heavy atom. The van der Waals surface area contributed by atoms with Gasteiger partial charge in [-0.25, -0.2) is 4.39 Å². The number of ether oxygens (including phenoxy) is 1. The zero-order chi connectivity index (χ0) is 16.7. The predicted octanol–water partition coefficient (Wildman–Crippen LogP) is 4.53. The molecular weight excluding hydrogens is 303 g/mol. The maximum Gasteiger partial charge on any atom is 0.169 e. The molecule has 0 spiro atoms. The topological polar surface area (TPSA) is 26.3 Å². The van der Waals surface area contributed by atoms with Crippen LogP contribution in [-0.2, 0) is 4.74 Å². The molecule has 2 aliphatic rings. The van der Waals surface area contributed by atoms with Gasteiger partial charge >= 0.3 is 0 Å². The molecule has 2 aromatic rings. The zero-order valence-corrected chi connectivity index (χ0v) is 13.5. The monoisotopic (exact) mass is 322 g/mol. The largest absolute Gasteiger partial charge is 0.362 e. The highest BCUT2D eigenvalue weighted by Crippen LogP contribution is 2.54. The van der Waals surface area contributed by atoms with Gasteiger partial charge in [0.1, 0.15) is 5.82 Å². The Morgan fingerprint density at radius 2 is 1.83 bits per heavy atom. The summed E-state index contributed by atoms with van der Waals surface area (Å²) in [7, 11) is 0. The Hall–Kier alpha value is -2.26. The van der Waals surface area contributed by atoms with Crippen LogP contribution in [0.3, 0.4) is 0 Å². The van der Waals surface area contributed by atoms with Crippen LogP contribution in [-0.4, -0.2) is 17.5 Å². The summed E-state index contributed by atoms with van der Waals surface area (Å²) in [5.41, 5.74) is 1.18. The van der Waals surface area contributed by atoms with Crippen molar-refractivity contribution in [3.63, 3.8) is 0 Å². The van der Waals surface area contributed by atoms with Crippen LogP contribution in [0, 0.1) is 11.7 Å². The third kappa shape index (κ3) is 2.23. The zero-order valence-electron chi connectivity index (χ0n) is 13.5. The van der Waals surface area contributed by atoms with E-state index in [4.69, 9.17) is 4.74 Å². The molecule has 2 aliphatic heterocycles. The third-order valence-electron chi connectivity index (χ3n) is 5.31. The molecule has 122 valence electrons. The molecule has 4 unspecified atom stereocenters. The smallest absolute Gasteiger partial charge is 0.169 e. The number of hydrogen-bond acceptors (Lipinski definition) is 2. The molecule has 1 fully saturated rings. The lowest BCUT2D eigenvalue weighted by Crippen LogP contribution is -2.36. The number of benzene rings is 2. The van der Waals surface area contributed by atoms with Crippen LogP contribution in [0.5, 0.6) is 0 Å². The Kier molecular flexibility index (Phi) is 3.61. The van der Waals surface area contributed by atoms with Gasteiger partial charge in [0.25, 0.3) is 0 Å². The van der Waals surface area contributed by atoms with E-state index in [1.807, 2.05) is 36.4 Å². The van der Waals surface area contributed by atoms with Gasteiger partial charge in [0, 0.05) is 11.5 Å². The molecule has 0 aliphatic carbocycles. The third-order valence-corrected chi connectivity index (χ3v) is 5.31. The maximum absolute atomic E-state index is 13.3. The molecule has 0 saturated carbocycles. The minimum Gasteiger partial charge on any atom is -0.362 e. The van der Waals surface area contributed by atoms with Gasteiger partial charge < -0.3 is 4.74 Å². The summed E-state index contributed by atoms with van der Waals surface area (Å²) in [5.74, 6) is -0.543. The number of hydrogen-bond donors (Lipinski definition) is 0. The normalized spacial score (nSPS) is 30.7. The molecule has 2 heterocycles. The predicted molar refractivity (Wildman–Crippen MR) is 90.4 cm³/mol. The van der Waals surface area contributed by atoms with E-state index in [0.29, 0.717) is 5.56 Å². The Balaban J connectivity index is 1.79. The molecule has 2 bridgehead atoms. The number of ketones is 1. The number of fused-ring (bicyclic) bond motifs is 2. The average Bonchev–Trinajstić information content (AvgIpc) is 3.19. The van der Waals surface area contributed by atoms with Crippen molar-refractivity contribution >= 4 is 5.78 Å². The minimum atomic E-state index is -0.475. The van der Waals surface area contributed by atoms with E-state index in [1.165, 1.54) is 12.1 Å². The summed E-state index contributed by atoms with van der Waals surface area (Å²) < 4.78 is 19.6. The highest BCUT2D eigenvalue weighted by molar-refractivity contribution is 5.99. The van der Waals surface area contributed by atoms with Gasteiger partial charge in [0.05, 0.1) is 17.6 Å². The Bertz CT molecular complexity index is 781. The summed E-state index contributed by atoms with van der Waals surface area (Å²) >= 11 is 0. The van der Waals surface area contributed by atoms with Crippen molar-refractivity contribution in [2.45, 2.75) is 31.0 Å². The van der Waals surface area contributed by atoms with Crippen LogP contribution in [0.15, 0.2) is 66.7 Å². The maximum atomic E-state index is 13.3. The van der Waals surface area contributed by atoms with Crippen molar-refractivity contribution in [2.24, 2.45) is 5.92 Å². The number of halogens is 1. The number of rotatable bonds is 4. The molecule has 4 rings (SSSR count). The van der Waals surface area contributed by atoms with Crippen LogP contribution in [0.25, 0.3) is 0 Å². The quantitative estimate of drug-likeness (QED) is 0.611. The van der Waals surface area contributed by atoms with Crippen molar-refractivity contribution in [3.05, 3.63) is 83.7 Å². The summed E-state index contributed by atoms with van der Waals surface area (Å²) in [6.07, 6.45) is 4.66. The van der Waals surface area contributed by atoms with Crippen LogP contribution < -0.4 is 0 Å². The fourth-order valence-corrected chi connectivity index (χ4v) is 4.13. The van der Waals surface area contributed by atoms with E-state index in [1.54, 1.807) is 12.1 Å². The Labute approximate surface area is 141 Å². The second kappa shape index (κ2) is 5.67. The first-order chi connectivity index (χ1) is 11.6. The first-order valence-corrected chi connectivity index (χ1v) is 8.36. The standard InChI is InChI=1S/C21H19FO2/c1-2-21-13-12-17(24-21)18(20(23)15-6-4-3-5-7-15)19(21)14-8-10-16(22)11-9-14/h3-13,17-19H,2H2,1H3. The van der Waals surface area contributed by atoms with Crippen LogP contribution in [0.2, 0.25) is 0 Å². The SMILES string of the molecule is CCC12C=CC(O1)C(C(=O)c1ccccc1)C2c1ccc(F)cc1. The molecule has 0 aromatic heterocycles. The van der Waals surface area contributed by atoms with Gasteiger partial charge in [0.2, 0.25) is 0 Å². The molecule has 2 nitrogen and oxygen atoms in total. The molecule has 3 heteroatoms. The van der Waals surface area contributed by atoms with Crippen LogP contribution in [0.4, 0.5) is 4.39 Å². The van der Waals surface area contributed by atoms with E-state index in [9.17, 15) is 9.18 Å². The Morgan fingerprint density at radius 3 is 2.50 bits per heavy atom. The van der Waals surface area contributed by atoms with Crippen molar-refractivity contribution in [1.82, 2.24) is 0 Å². The molecule has 2 aromatic carbocycles. The summed E-state index contributed by atoms with van der Waals surface area (Å²) in [5, 5.41) is 0. The molecule has 4 atom stereocenters. The molecule has 1 saturated heterocycles.